The van der Waals surface area contributed by atoms with Gasteiger partial charge in [-0.05, 0) is 40.6 Å². The molecule has 1 aliphatic heterocycles. The average molecular weight is 635 g/mol. The Morgan fingerprint density at radius 3 is 1.87 bits per heavy atom. The van der Waals surface area contributed by atoms with Gasteiger partial charge in [0.1, 0.15) is 35.4 Å². The highest BCUT2D eigenvalue weighted by Crippen LogP contribution is 2.35. The van der Waals surface area contributed by atoms with Crippen LogP contribution >= 0.6 is 11.8 Å². The molecule has 0 N–H and O–H groups in total. The van der Waals surface area contributed by atoms with Crippen molar-refractivity contribution in [1.82, 2.24) is 0 Å². The maximum atomic E-state index is 14.6. The van der Waals surface area contributed by atoms with E-state index in [4.69, 9.17) is 23.7 Å². The lowest BCUT2D eigenvalue weighted by Gasteiger charge is -2.45. The standard InChI is InChI=1S/C36H36F2O6S/c1-2-45-36-34(44-35(39)29-20-28(37)18-19-30(29)38)33(42-23-27-16-10-5-11-17-27)32(41-22-26-14-8-4-9-15-26)31(43-36)24-40-21-25-12-6-3-7-13-25/h3-20,31-34,36H,2,21-24H2,1H3/t31-,32-,33+,34+,36-/m1/s1. The summed E-state index contributed by atoms with van der Waals surface area (Å²) in [6.07, 6.45) is -3.19. The molecule has 1 heterocycles. The highest BCUT2D eigenvalue weighted by Gasteiger charge is 2.50. The summed E-state index contributed by atoms with van der Waals surface area (Å²) in [7, 11) is 0. The largest absolute Gasteiger partial charge is 0.452 e. The van der Waals surface area contributed by atoms with Crippen molar-refractivity contribution in [3.8, 4) is 0 Å². The molecule has 0 amide bonds. The third-order valence-corrected chi connectivity index (χ3v) is 8.32. The monoisotopic (exact) mass is 634 g/mol. The molecule has 1 saturated heterocycles. The van der Waals surface area contributed by atoms with Crippen LogP contribution in [0.15, 0.2) is 109 Å². The minimum atomic E-state index is -1.02. The average Bonchev–Trinajstić information content (AvgIpc) is 3.07. The van der Waals surface area contributed by atoms with Gasteiger partial charge in [0.05, 0.1) is 32.0 Å². The predicted molar refractivity (Wildman–Crippen MR) is 168 cm³/mol. The second kappa shape index (κ2) is 16.6. The van der Waals surface area contributed by atoms with Crippen LogP contribution in [0.1, 0.15) is 34.0 Å². The van der Waals surface area contributed by atoms with Gasteiger partial charge in [0.2, 0.25) is 0 Å². The molecular weight excluding hydrogens is 598 g/mol. The van der Waals surface area contributed by atoms with Crippen molar-refractivity contribution < 1.29 is 37.3 Å². The Kier molecular flexibility index (Phi) is 12.1. The second-order valence-electron chi connectivity index (χ2n) is 10.5. The summed E-state index contributed by atoms with van der Waals surface area (Å²) in [5.41, 5.74) is 1.65. The quantitative estimate of drug-likeness (QED) is 0.134. The van der Waals surface area contributed by atoms with Crippen molar-refractivity contribution in [3.05, 3.63) is 143 Å². The van der Waals surface area contributed by atoms with E-state index in [1.165, 1.54) is 11.8 Å². The predicted octanol–water partition coefficient (Wildman–Crippen LogP) is 7.36. The van der Waals surface area contributed by atoms with Crippen molar-refractivity contribution in [2.45, 2.75) is 56.6 Å². The van der Waals surface area contributed by atoms with E-state index in [9.17, 15) is 13.6 Å². The van der Waals surface area contributed by atoms with Crippen LogP contribution in [0.5, 0.6) is 0 Å². The van der Waals surface area contributed by atoms with E-state index in [2.05, 4.69) is 0 Å². The Hall–Kier alpha value is -3.60. The Morgan fingerprint density at radius 2 is 1.29 bits per heavy atom. The number of hydrogen-bond donors (Lipinski definition) is 0. The Balaban J connectivity index is 1.45. The smallest absolute Gasteiger partial charge is 0.341 e. The van der Waals surface area contributed by atoms with Crippen LogP contribution in [0.3, 0.4) is 0 Å². The lowest BCUT2D eigenvalue weighted by Crippen LogP contribution is -2.60. The van der Waals surface area contributed by atoms with Gasteiger partial charge in [-0.15, -0.1) is 11.8 Å². The van der Waals surface area contributed by atoms with E-state index >= 15 is 0 Å². The van der Waals surface area contributed by atoms with E-state index in [1.54, 1.807) is 0 Å². The fraction of sp³-hybridized carbons (Fsp3) is 0.306. The first-order chi connectivity index (χ1) is 22.0. The summed E-state index contributed by atoms with van der Waals surface area (Å²) in [6.45, 7) is 2.93. The zero-order chi connectivity index (χ0) is 31.4. The topological polar surface area (TPSA) is 63.2 Å². The van der Waals surface area contributed by atoms with Crippen LogP contribution < -0.4 is 0 Å². The highest BCUT2D eigenvalue weighted by atomic mass is 32.2. The number of benzene rings is 4. The van der Waals surface area contributed by atoms with Crippen LogP contribution in [0.25, 0.3) is 0 Å². The summed E-state index contributed by atoms with van der Waals surface area (Å²) < 4.78 is 60.3. The van der Waals surface area contributed by atoms with Crippen LogP contribution in [0, 0.1) is 11.6 Å². The minimum absolute atomic E-state index is 0.180. The van der Waals surface area contributed by atoms with Gasteiger partial charge >= 0.3 is 5.97 Å². The van der Waals surface area contributed by atoms with Gasteiger partial charge < -0.3 is 23.7 Å². The Morgan fingerprint density at radius 1 is 0.733 bits per heavy atom. The first-order valence-electron chi connectivity index (χ1n) is 14.9. The molecule has 0 unspecified atom stereocenters. The molecule has 0 spiro atoms. The fourth-order valence-electron chi connectivity index (χ4n) is 5.07. The molecule has 236 valence electrons. The lowest BCUT2D eigenvalue weighted by molar-refractivity contribution is -0.242. The molecule has 5 rings (SSSR count). The number of halogens is 2. The molecule has 45 heavy (non-hydrogen) atoms. The van der Waals surface area contributed by atoms with Gasteiger partial charge in [0.15, 0.2) is 6.10 Å². The lowest BCUT2D eigenvalue weighted by atomic mass is 9.98. The maximum Gasteiger partial charge on any atom is 0.341 e. The normalized spacial score (nSPS) is 21.4. The van der Waals surface area contributed by atoms with Gasteiger partial charge in [-0.2, -0.15) is 0 Å². The Bertz CT molecular complexity index is 1480. The van der Waals surface area contributed by atoms with Crippen molar-refractivity contribution >= 4 is 17.7 Å². The summed E-state index contributed by atoms with van der Waals surface area (Å²) in [4.78, 5) is 13.3. The summed E-state index contributed by atoms with van der Waals surface area (Å²) in [5, 5.41) is 0. The number of carbonyl (C=O) groups excluding carboxylic acids is 1. The molecule has 5 atom stereocenters. The highest BCUT2D eigenvalue weighted by molar-refractivity contribution is 7.99. The van der Waals surface area contributed by atoms with E-state index in [0.717, 1.165) is 34.9 Å². The van der Waals surface area contributed by atoms with Crippen LogP contribution in [-0.4, -0.2) is 48.2 Å². The van der Waals surface area contributed by atoms with Crippen molar-refractivity contribution in [1.29, 1.82) is 0 Å². The second-order valence-corrected chi connectivity index (χ2v) is 11.9. The first-order valence-corrected chi connectivity index (χ1v) is 15.9. The third-order valence-electron chi connectivity index (χ3n) is 7.28. The maximum absolute atomic E-state index is 14.6. The molecule has 0 aliphatic carbocycles. The summed E-state index contributed by atoms with van der Waals surface area (Å²) in [5.74, 6) is -2.02. The van der Waals surface area contributed by atoms with Gasteiger partial charge in [0, 0.05) is 0 Å². The van der Waals surface area contributed by atoms with E-state index in [-0.39, 0.29) is 19.8 Å². The number of ether oxygens (including phenoxy) is 5. The molecule has 4 aromatic rings. The molecular formula is C36H36F2O6S. The number of hydrogen-bond acceptors (Lipinski definition) is 7. The third kappa shape index (κ3) is 9.22. The molecule has 9 heteroatoms. The SMILES string of the molecule is CCS[C@H]1O[C@H](COCc2ccccc2)[C@@H](OCc2ccccc2)[C@H](OCc2ccccc2)[C@@H]1OC(=O)c1cc(F)ccc1F. The number of rotatable bonds is 14. The molecule has 6 nitrogen and oxygen atoms in total. The van der Waals surface area contributed by atoms with Gasteiger partial charge in [-0.1, -0.05) is 97.9 Å². The van der Waals surface area contributed by atoms with Crippen LogP contribution in [-0.2, 0) is 43.5 Å². The van der Waals surface area contributed by atoms with Gasteiger partial charge in [-0.3, -0.25) is 0 Å². The minimum Gasteiger partial charge on any atom is -0.452 e. The van der Waals surface area contributed by atoms with E-state index < -0.39 is 53.0 Å². The first kappa shape index (κ1) is 32.8. The molecule has 1 fully saturated rings. The van der Waals surface area contributed by atoms with Crippen molar-refractivity contribution in [2.75, 3.05) is 12.4 Å². The van der Waals surface area contributed by atoms with Crippen molar-refractivity contribution in [2.24, 2.45) is 0 Å². The van der Waals surface area contributed by atoms with E-state index in [0.29, 0.717) is 12.4 Å². The molecule has 0 saturated carbocycles. The molecule has 0 radical (unpaired) electrons. The molecule has 0 bridgehead atoms. The molecule has 1 aliphatic rings. The summed E-state index contributed by atoms with van der Waals surface area (Å²) in [6, 6.07) is 31.7. The number of carbonyl (C=O) groups is 1. The summed E-state index contributed by atoms with van der Waals surface area (Å²) >= 11 is 1.42. The number of thioether (sulfide) groups is 1. The molecule has 0 aromatic heterocycles. The van der Waals surface area contributed by atoms with Gasteiger partial charge in [-0.25, -0.2) is 13.6 Å². The van der Waals surface area contributed by atoms with E-state index in [1.807, 2.05) is 97.9 Å². The number of esters is 1. The zero-order valence-electron chi connectivity index (χ0n) is 24.9. The van der Waals surface area contributed by atoms with Gasteiger partial charge in [0.25, 0.3) is 0 Å². The van der Waals surface area contributed by atoms with Crippen molar-refractivity contribution in [3.63, 3.8) is 0 Å². The molecule has 4 aromatic carbocycles. The van der Waals surface area contributed by atoms with Crippen LogP contribution in [0.4, 0.5) is 8.78 Å². The Labute approximate surface area is 266 Å². The fourth-order valence-corrected chi connectivity index (χ4v) is 6.02. The van der Waals surface area contributed by atoms with Crippen LogP contribution in [0.2, 0.25) is 0 Å². The zero-order valence-corrected chi connectivity index (χ0v) is 25.7.